The molecule has 0 amide bonds. The number of rotatable bonds is 4. The van der Waals surface area contributed by atoms with Gasteiger partial charge in [0.1, 0.15) is 5.60 Å². The molecule has 0 saturated carbocycles. The van der Waals surface area contributed by atoms with E-state index in [2.05, 4.69) is 4.99 Å². The van der Waals surface area contributed by atoms with Gasteiger partial charge in [0.05, 0.1) is 6.54 Å². The zero-order valence-corrected chi connectivity index (χ0v) is 11.4. The van der Waals surface area contributed by atoms with Gasteiger partial charge in [-0.05, 0) is 25.0 Å². The van der Waals surface area contributed by atoms with Crippen molar-refractivity contribution in [2.75, 3.05) is 0 Å². The summed E-state index contributed by atoms with van der Waals surface area (Å²) in [5.41, 5.74) is 1.72. The van der Waals surface area contributed by atoms with Crippen LogP contribution in [-0.2, 0) is 12.1 Å². The van der Waals surface area contributed by atoms with Gasteiger partial charge in [0, 0.05) is 5.71 Å². The molecule has 2 aromatic carbocycles. The summed E-state index contributed by atoms with van der Waals surface area (Å²) in [5.74, 6) is 0. The number of benzene rings is 2. The van der Waals surface area contributed by atoms with Crippen LogP contribution < -0.4 is 0 Å². The van der Waals surface area contributed by atoms with E-state index in [9.17, 15) is 5.11 Å². The minimum atomic E-state index is -1.02. The van der Waals surface area contributed by atoms with Crippen LogP contribution in [0.3, 0.4) is 0 Å². The van der Waals surface area contributed by atoms with Crippen molar-refractivity contribution in [3.63, 3.8) is 0 Å². The largest absolute Gasteiger partial charge is 0.379 e. The highest BCUT2D eigenvalue weighted by Gasteiger charge is 2.26. The zero-order valence-electron chi connectivity index (χ0n) is 11.4. The fourth-order valence-corrected chi connectivity index (χ4v) is 1.92. The second-order valence-corrected chi connectivity index (χ2v) is 4.83. The Bertz CT molecular complexity index is 544. The number of hydrogen-bond donors (Lipinski definition) is 1. The van der Waals surface area contributed by atoms with E-state index in [1.807, 2.05) is 67.6 Å². The number of aliphatic imine (C=N–C) groups is 1. The Labute approximate surface area is 114 Å². The Morgan fingerprint density at radius 1 is 1.00 bits per heavy atom. The molecule has 2 nitrogen and oxygen atoms in total. The molecule has 0 spiro atoms. The molecule has 0 aliphatic heterocycles. The third-order valence-corrected chi connectivity index (χ3v) is 3.38. The maximum atomic E-state index is 10.6. The molecule has 0 saturated heterocycles. The highest BCUT2D eigenvalue weighted by atomic mass is 16.3. The molecule has 2 aromatic rings. The first-order chi connectivity index (χ1) is 9.10. The average molecular weight is 253 g/mol. The van der Waals surface area contributed by atoms with Gasteiger partial charge in [-0.25, -0.2) is 0 Å². The van der Waals surface area contributed by atoms with Gasteiger partial charge in [-0.1, -0.05) is 60.7 Å². The van der Waals surface area contributed by atoms with Gasteiger partial charge in [0.15, 0.2) is 0 Å². The van der Waals surface area contributed by atoms with E-state index in [-0.39, 0.29) is 0 Å². The van der Waals surface area contributed by atoms with E-state index in [0.717, 1.165) is 16.8 Å². The second kappa shape index (κ2) is 5.81. The standard InChI is InChI=1S/C17H19NO/c1-14(18-13-15-9-5-3-6-10-15)17(2,19)16-11-7-4-8-12-16/h3-12,19H,13H2,1-2H3/t17-/m1/s1. The van der Waals surface area contributed by atoms with E-state index in [1.165, 1.54) is 0 Å². The van der Waals surface area contributed by atoms with E-state index < -0.39 is 5.60 Å². The first kappa shape index (κ1) is 13.5. The van der Waals surface area contributed by atoms with E-state index in [4.69, 9.17) is 0 Å². The van der Waals surface area contributed by atoms with Crippen LogP contribution in [0.5, 0.6) is 0 Å². The monoisotopic (exact) mass is 253 g/mol. The summed E-state index contributed by atoms with van der Waals surface area (Å²) >= 11 is 0. The topological polar surface area (TPSA) is 32.6 Å². The van der Waals surface area contributed by atoms with Crippen molar-refractivity contribution in [3.8, 4) is 0 Å². The fourth-order valence-electron chi connectivity index (χ4n) is 1.92. The Morgan fingerprint density at radius 2 is 1.53 bits per heavy atom. The van der Waals surface area contributed by atoms with Crippen LogP contribution in [-0.4, -0.2) is 10.8 Å². The normalized spacial score (nSPS) is 15.0. The predicted molar refractivity (Wildman–Crippen MR) is 79.3 cm³/mol. The molecule has 0 heterocycles. The molecule has 0 radical (unpaired) electrons. The lowest BCUT2D eigenvalue weighted by atomic mass is 9.91. The smallest absolute Gasteiger partial charge is 0.124 e. The molecule has 19 heavy (non-hydrogen) atoms. The van der Waals surface area contributed by atoms with Crippen LogP contribution in [0.4, 0.5) is 0 Å². The van der Waals surface area contributed by atoms with Gasteiger partial charge >= 0.3 is 0 Å². The van der Waals surface area contributed by atoms with Crippen molar-refractivity contribution in [3.05, 3.63) is 71.8 Å². The van der Waals surface area contributed by atoms with Gasteiger partial charge in [-0.15, -0.1) is 0 Å². The molecule has 2 heteroatoms. The maximum Gasteiger partial charge on any atom is 0.124 e. The molecule has 0 aliphatic carbocycles. The third kappa shape index (κ3) is 3.30. The van der Waals surface area contributed by atoms with Crippen molar-refractivity contribution >= 4 is 5.71 Å². The molecule has 0 unspecified atom stereocenters. The summed E-state index contributed by atoms with van der Waals surface area (Å²) in [5, 5.41) is 10.6. The lowest BCUT2D eigenvalue weighted by Gasteiger charge is -2.24. The van der Waals surface area contributed by atoms with Crippen molar-refractivity contribution in [2.24, 2.45) is 4.99 Å². The number of hydrogen-bond acceptors (Lipinski definition) is 2. The van der Waals surface area contributed by atoms with E-state index in [1.54, 1.807) is 6.92 Å². The van der Waals surface area contributed by atoms with Crippen LogP contribution >= 0.6 is 0 Å². The van der Waals surface area contributed by atoms with Crippen LogP contribution in [0, 0.1) is 0 Å². The van der Waals surface area contributed by atoms with Gasteiger partial charge < -0.3 is 5.11 Å². The highest BCUT2D eigenvalue weighted by molar-refractivity contribution is 5.90. The summed E-state index contributed by atoms with van der Waals surface area (Å²) in [4.78, 5) is 4.51. The summed E-state index contributed by atoms with van der Waals surface area (Å²) < 4.78 is 0. The summed E-state index contributed by atoms with van der Waals surface area (Å²) in [7, 11) is 0. The molecule has 0 bridgehead atoms. The molecule has 0 aromatic heterocycles. The van der Waals surface area contributed by atoms with Gasteiger partial charge in [0.25, 0.3) is 0 Å². The molecule has 98 valence electrons. The van der Waals surface area contributed by atoms with Crippen LogP contribution in [0.25, 0.3) is 0 Å². The molecular formula is C17H19NO. The van der Waals surface area contributed by atoms with Crippen LogP contribution in [0.1, 0.15) is 25.0 Å². The summed E-state index contributed by atoms with van der Waals surface area (Å²) in [6.07, 6.45) is 0. The summed E-state index contributed by atoms with van der Waals surface area (Å²) in [6.45, 7) is 4.25. The van der Waals surface area contributed by atoms with E-state index in [0.29, 0.717) is 6.54 Å². The predicted octanol–water partition coefficient (Wildman–Crippen LogP) is 3.56. The quantitative estimate of drug-likeness (QED) is 0.830. The SMILES string of the molecule is CC(=NCc1ccccc1)[C@@](C)(O)c1ccccc1. The van der Waals surface area contributed by atoms with Crippen molar-refractivity contribution in [1.29, 1.82) is 0 Å². The Hall–Kier alpha value is -1.93. The van der Waals surface area contributed by atoms with E-state index >= 15 is 0 Å². The second-order valence-electron chi connectivity index (χ2n) is 4.83. The summed E-state index contributed by atoms with van der Waals surface area (Å²) in [6, 6.07) is 19.7. The molecule has 1 N–H and O–H groups in total. The van der Waals surface area contributed by atoms with Crippen molar-refractivity contribution < 1.29 is 5.11 Å². The Balaban J connectivity index is 2.16. The first-order valence-corrected chi connectivity index (χ1v) is 6.44. The number of nitrogens with zero attached hydrogens (tertiary/aromatic N) is 1. The van der Waals surface area contributed by atoms with Crippen LogP contribution in [0.2, 0.25) is 0 Å². The lowest BCUT2D eigenvalue weighted by Crippen LogP contribution is -2.30. The van der Waals surface area contributed by atoms with Gasteiger partial charge in [-0.3, -0.25) is 4.99 Å². The molecule has 1 atom stereocenters. The zero-order chi connectivity index (χ0) is 13.7. The fraction of sp³-hybridized carbons (Fsp3) is 0.235. The molecule has 2 rings (SSSR count). The maximum absolute atomic E-state index is 10.6. The average Bonchev–Trinajstić information content (AvgIpc) is 2.46. The minimum Gasteiger partial charge on any atom is -0.379 e. The van der Waals surface area contributed by atoms with Crippen molar-refractivity contribution in [1.82, 2.24) is 0 Å². The Kier molecular flexibility index (Phi) is 4.13. The van der Waals surface area contributed by atoms with Gasteiger partial charge in [0.2, 0.25) is 0 Å². The lowest BCUT2D eigenvalue weighted by molar-refractivity contribution is 0.132. The molecule has 0 aliphatic rings. The minimum absolute atomic E-state index is 0.593. The highest BCUT2D eigenvalue weighted by Crippen LogP contribution is 2.22. The number of aliphatic hydroxyl groups is 1. The Morgan fingerprint density at radius 3 is 2.11 bits per heavy atom. The first-order valence-electron chi connectivity index (χ1n) is 6.44. The molecule has 0 fully saturated rings. The van der Waals surface area contributed by atoms with Crippen LogP contribution in [0.15, 0.2) is 65.7 Å². The third-order valence-electron chi connectivity index (χ3n) is 3.38. The van der Waals surface area contributed by atoms with Gasteiger partial charge in [-0.2, -0.15) is 0 Å². The molecular weight excluding hydrogens is 234 g/mol. The van der Waals surface area contributed by atoms with Crippen molar-refractivity contribution in [2.45, 2.75) is 26.0 Å².